The molecule has 3 N–H and O–H groups in total. The van der Waals surface area contributed by atoms with Crippen molar-refractivity contribution in [2.75, 3.05) is 24.2 Å². The van der Waals surface area contributed by atoms with Crippen molar-refractivity contribution in [2.24, 2.45) is 0 Å². The summed E-state index contributed by atoms with van der Waals surface area (Å²) in [4.78, 5) is 0. The van der Waals surface area contributed by atoms with Gasteiger partial charge in [0.05, 0.1) is 6.61 Å². The maximum Gasteiger partial charge on any atom is 0.127 e. The van der Waals surface area contributed by atoms with E-state index < -0.39 is 0 Å². The van der Waals surface area contributed by atoms with Crippen LogP contribution in [0.25, 0.3) is 0 Å². The first kappa shape index (κ1) is 13.2. The number of benzene rings is 2. The van der Waals surface area contributed by atoms with Crippen LogP contribution in [0, 0.1) is 5.82 Å². The van der Waals surface area contributed by atoms with Gasteiger partial charge in [0.2, 0.25) is 0 Å². The quantitative estimate of drug-likeness (QED) is 0.619. The van der Waals surface area contributed by atoms with Crippen LogP contribution in [0.1, 0.15) is 6.42 Å². The molecule has 0 spiro atoms. The Bertz CT molecular complexity index is 497. The van der Waals surface area contributed by atoms with Crippen LogP contribution in [-0.2, 0) is 0 Å². The molecule has 0 unspecified atom stereocenters. The largest absolute Gasteiger partial charge is 0.494 e. The Morgan fingerprint density at radius 2 is 1.89 bits per heavy atom. The first-order valence-electron chi connectivity index (χ1n) is 6.22. The standard InChI is InChI=1S/C15H17FN2O/c16-12-9-13(17)11-14(10-12)18-7-4-8-19-15-5-2-1-3-6-15/h1-3,5-6,9-11,18H,4,7-8,17H2. The van der Waals surface area contributed by atoms with E-state index in [0.29, 0.717) is 24.5 Å². The molecule has 2 aromatic carbocycles. The SMILES string of the molecule is Nc1cc(F)cc(NCCCOc2ccccc2)c1. The van der Waals surface area contributed by atoms with Crippen LogP contribution in [0.5, 0.6) is 5.75 Å². The van der Waals surface area contributed by atoms with E-state index in [1.807, 2.05) is 30.3 Å². The average molecular weight is 260 g/mol. The van der Waals surface area contributed by atoms with Gasteiger partial charge >= 0.3 is 0 Å². The van der Waals surface area contributed by atoms with Gasteiger partial charge < -0.3 is 15.8 Å². The summed E-state index contributed by atoms with van der Waals surface area (Å²) in [6.07, 6.45) is 0.825. The maximum atomic E-state index is 13.1. The van der Waals surface area contributed by atoms with E-state index >= 15 is 0 Å². The molecular formula is C15H17FN2O. The first-order chi connectivity index (χ1) is 9.24. The van der Waals surface area contributed by atoms with Crippen LogP contribution in [0.3, 0.4) is 0 Å². The smallest absolute Gasteiger partial charge is 0.127 e. The Morgan fingerprint density at radius 1 is 1.11 bits per heavy atom. The molecule has 0 heterocycles. The number of rotatable bonds is 6. The van der Waals surface area contributed by atoms with Crippen LogP contribution < -0.4 is 15.8 Å². The summed E-state index contributed by atoms with van der Waals surface area (Å²) in [6.45, 7) is 1.32. The van der Waals surface area contributed by atoms with Gasteiger partial charge in [-0.15, -0.1) is 0 Å². The average Bonchev–Trinajstić information content (AvgIpc) is 2.38. The number of nitrogens with two attached hydrogens (primary N) is 1. The van der Waals surface area contributed by atoms with Crippen LogP contribution in [-0.4, -0.2) is 13.2 Å². The lowest BCUT2D eigenvalue weighted by molar-refractivity contribution is 0.315. The van der Waals surface area contributed by atoms with E-state index in [1.165, 1.54) is 12.1 Å². The van der Waals surface area contributed by atoms with Crippen molar-refractivity contribution in [2.45, 2.75) is 6.42 Å². The maximum absolute atomic E-state index is 13.1. The van der Waals surface area contributed by atoms with Crippen molar-refractivity contribution in [1.82, 2.24) is 0 Å². The molecule has 0 bridgehead atoms. The minimum Gasteiger partial charge on any atom is -0.494 e. The molecular weight excluding hydrogens is 243 g/mol. The Kier molecular flexibility index (Phi) is 4.61. The fourth-order valence-corrected chi connectivity index (χ4v) is 1.73. The third-order valence-electron chi connectivity index (χ3n) is 2.58. The molecule has 0 aliphatic carbocycles. The molecule has 3 nitrogen and oxygen atoms in total. The molecule has 0 radical (unpaired) electrons. The molecule has 2 aromatic rings. The molecule has 19 heavy (non-hydrogen) atoms. The molecule has 0 saturated heterocycles. The van der Waals surface area contributed by atoms with Crippen molar-refractivity contribution >= 4 is 11.4 Å². The van der Waals surface area contributed by atoms with E-state index in [4.69, 9.17) is 10.5 Å². The van der Waals surface area contributed by atoms with Crippen LogP contribution in [0.4, 0.5) is 15.8 Å². The van der Waals surface area contributed by atoms with Gasteiger partial charge in [0.15, 0.2) is 0 Å². The van der Waals surface area contributed by atoms with Gasteiger partial charge in [0.25, 0.3) is 0 Å². The molecule has 4 heteroatoms. The Balaban J connectivity index is 1.69. The number of para-hydroxylation sites is 1. The molecule has 2 rings (SSSR count). The van der Waals surface area contributed by atoms with Gasteiger partial charge in [-0.2, -0.15) is 0 Å². The second-order valence-corrected chi connectivity index (χ2v) is 4.22. The number of hydrogen-bond donors (Lipinski definition) is 2. The van der Waals surface area contributed by atoms with Crippen LogP contribution in [0.15, 0.2) is 48.5 Å². The van der Waals surface area contributed by atoms with E-state index in [0.717, 1.165) is 12.2 Å². The number of hydrogen-bond acceptors (Lipinski definition) is 3. The highest BCUT2D eigenvalue weighted by Crippen LogP contribution is 2.15. The van der Waals surface area contributed by atoms with E-state index in [1.54, 1.807) is 6.07 Å². The highest BCUT2D eigenvalue weighted by atomic mass is 19.1. The predicted octanol–water partition coefficient (Wildman–Crippen LogP) is 3.29. The number of ether oxygens (including phenoxy) is 1. The lowest BCUT2D eigenvalue weighted by atomic mass is 10.2. The van der Waals surface area contributed by atoms with Crippen LogP contribution >= 0.6 is 0 Å². The third kappa shape index (κ3) is 4.50. The van der Waals surface area contributed by atoms with Crippen molar-refractivity contribution in [3.8, 4) is 5.75 Å². The molecule has 100 valence electrons. The second-order valence-electron chi connectivity index (χ2n) is 4.22. The highest BCUT2D eigenvalue weighted by Gasteiger charge is 1.98. The molecule has 0 aliphatic heterocycles. The zero-order valence-electron chi connectivity index (χ0n) is 10.6. The van der Waals surface area contributed by atoms with E-state index in [-0.39, 0.29) is 5.82 Å². The van der Waals surface area contributed by atoms with Gasteiger partial charge in [0, 0.05) is 17.9 Å². The Labute approximate surface area is 112 Å². The fourth-order valence-electron chi connectivity index (χ4n) is 1.73. The summed E-state index contributed by atoms with van der Waals surface area (Å²) >= 11 is 0. The topological polar surface area (TPSA) is 47.3 Å². The predicted molar refractivity (Wildman–Crippen MR) is 75.9 cm³/mol. The number of anilines is 2. The minimum absolute atomic E-state index is 0.331. The van der Waals surface area contributed by atoms with Crippen molar-refractivity contribution in [1.29, 1.82) is 0 Å². The number of halogens is 1. The summed E-state index contributed by atoms with van der Waals surface area (Å²) in [7, 11) is 0. The Hall–Kier alpha value is -2.23. The molecule has 0 saturated carbocycles. The Morgan fingerprint density at radius 3 is 2.63 bits per heavy atom. The van der Waals surface area contributed by atoms with Gasteiger partial charge in [0.1, 0.15) is 11.6 Å². The molecule has 0 atom stereocenters. The summed E-state index contributed by atoms with van der Waals surface area (Å²) in [5, 5.41) is 3.11. The summed E-state index contributed by atoms with van der Waals surface area (Å²) in [6, 6.07) is 14.1. The second kappa shape index (κ2) is 6.64. The zero-order valence-corrected chi connectivity index (χ0v) is 10.6. The third-order valence-corrected chi connectivity index (χ3v) is 2.58. The number of nitrogen functional groups attached to an aromatic ring is 1. The fraction of sp³-hybridized carbons (Fsp3) is 0.200. The lowest BCUT2D eigenvalue weighted by Crippen LogP contribution is -2.07. The van der Waals surface area contributed by atoms with Gasteiger partial charge in [-0.25, -0.2) is 4.39 Å². The van der Waals surface area contributed by atoms with Crippen molar-refractivity contribution < 1.29 is 9.13 Å². The highest BCUT2D eigenvalue weighted by molar-refractivity contribution is 5.54. The molecule has 0 amide bonds. The van der Waals surface area contributed by atoms with Crippen LogP contribution in [0.2, 0.25) is 0 Å². The van der Waals surface area contributed by atoms with E-state index in [2.05, 4.69) is 5.32 Å². The summed E-state index contributed by atoms with van der Waals surface area (Å²) in [5.41, 5.74) is 6.67. The van der Waals surface area contributed by atoms with Crippen molar-refractivity contribution in [3.05, 3.63) is 54.3 Å². The summed E-state index contributed by atoms with van der Waals surface area (Å²) in [5.74, 6) is 0.528. The summed E-state index contributed by atoms with van der Waals surface area (Å²) < 4.78 is 18.6. The van der Waals surface area contributed by atoms with E-state index in [9.17, 15) is 4.39 Å². The minimum atomic E-state index is -0.331. The van der Waals surface area contributed by atoms with Gasteiger partial charge in [-0.3, -0.25) is 0 Å². The molecule has 0 fully saturated rings. The monoisotopic (exact) mass is 260 g/mol. The molecule has 0 aliphatic rings. The normalized spacial score (nSPS) is 10.2. The zero-order chi connectivity index (χ0) is 13.5. The van der Waals surface area contributed by atoms with Crippen molar-refractivity contribution in [3.63, 3.8) is 0 Å². The number of nitrogens with one attached hydrogen (secondary N) is 1. The van der Waals surface area contributed by atoms with Gasteiger partial charge in [-0.05, 0) is 36.8 Å². The lowest BCUT2D eigenvalue weighted by Gasteiger charge is -2.08. The van der Waals surface area contributed by atoms with Gasteiger partial charge in [-0.1, -0.05) is 18.2 Å². The first-order valence-corrected chi connectivity index (χ1v) is 6.22. The molecule has 0 aromatic heterocycles.